The van der Waals surface area contributed by atoms with Crippen LogP contribution in [0.1, 0.15) is 31.7 Å². The molecule has 1 aliphatic heterocycles. The predicted molar refractivity (Wildman–Crippen MR) is 89.3 cm³/mol. The number of hydrogen-bond acceptors (Lipinski definition) is 3. The first-order valence-corrected chi connectivity index (χ1v) is 8.55. The van der Waals surface area contributed by atoms with Gasteiger partial charge in [0.25, 0.3) is 0 Å². The van der Waals surface area contributed by atoms with Crippen LogP contribution in [0.2, 0.25) is 0 Å². The number of hydrogen-bond donors (Lipinski definition) is 1. The molecule has 1 atom stereocenters. The van der Waals surface area contributed by atoms with Crippen molar-refractivity contribution in [3.8, 4) is 0 Å². The Morgan fingerprint density at radius 2 is 2.09 bits per heavy atom. The van der Waals surface area contributed by atoms with Gasteiger partial charge < -0.3 is 5.11 Å². The Morgan fingerprint density at radius 1 is 1.32 bits per heavy atom. The third-order valence-electron chi connectivity index (χ3n) is 4.17. The van der Waals surface area contributed by atoms with Gasteiger partial charge in [-0.2, -0.15) is 0 Å². The fourth-order valence-electron chi connectivity index (χ4n) is 3.00. The van der Waals surface area contributed by atoms with Crippen molar-refractivity contribution in [2.45, 2.75) is 38.5 Å². The molecule has 0 spiro atoms. The molecule has 22 heavy (non-hydrogen) atoms. The number of anilines is 1. The molecule has 4 nitrogen and oxygen atoms in total. The summed E-state index contributed by atoms with van der Waals surface area (Å²) in [6, 6.07) is 9.80. The maximum Gasteiger partial charge on any atom is 0.396 e. The molecule has 2 aromatic rings. The second-order valence-corrected chi connectivity index (χ2v) is 6.65. The standard InChI is InChI=1S/C17H21BrN3O/c1-2-3-4-12-21-16-19-10-5-11-20(16)13-17(21,22)14-6-8-15(18)9-7-14/h5-11,22H,2-4,12-13H2,1H3/q+1. The molecule has 1 aromatic carbocycles. The summed E-state index contributed by atoms with van der Waals surface area (Å²) in [7, 11) is 0. The van der Waals surface area contributed by atoms with Crippen molar-refractivity contribution in [1.29, 1.82) is 0 Å². The lowest BCUT2D eigenvalue weighted by molar-refractivity contribution is -0.685. The Hall–Kier alpha value is -1.46. The maximum absolute atomic E-state index is 11.4. The first kappa shape index (κ1) is 15.4. The van der Waals surface area contributed by atoms with E-state index >= 15 is 0 Å². The third kappa shape index (κ3) is 2.75. The van der Waals surface area contributed by atoms with Crippen molar-refractivity contribution >= 4 is 21.9 Å². The minimum Gasteiger partial charge on any atom is -0.353 e. The average Bonchev–Trinajstić information content (AvgIpc) is 2.81. The lowest BCUT2D eigenvalue weighted by Gasteiger charge is -2.28. The second kappa shape index (κ2) is 6.34. The van der Waals surface area contributed by atoms with E-state index in [4.69, 9.17) is 0 Å². The van der Waals surface area contributed by atoms with Crippen molar-refractivity contribution in [1.82, 2.24) is 4.98 Å². The lowest BCUT2D eigenvalue weighted by atomic mass is 10.0. The molecule has 2 heterocycles. The van der Waals surface area contributed by atoms with Gasteiger partial charge in [0, 0.05) is 16.1 Å². The highest BCUT2D eigenvalue weighted by Crippen LogP contribution is 2.34. The quantitative estimate of drug-likeness (QED) is 0.656. The molecule has 0 bridgehead atoms. The molecular weight excluding hydrogens is 342 g/mol. The fraction of sp³-hybridized carbons (Fsp3) is 0.412. The van der Waals surface area contributed by atoms with E-state index in [0.29, 0.717) is 6.54 Å². The summed E-state index contributed by atoms with van der Waals surface area (Å²) < 4.78 is 3.03. The van der Waals surface area contributed by atoms with Crippen LogP contribution in [-0.2, 0) is 12.3 Å². The monoisotopic (exact) mass is 362 g/mol. The number of aliphatic hydroxyl groups is 1. The Labute approximate surface area is 139 Å². The molecule has 3 rings (SSSR count). The van der Waals surface area contributed by atoms with E-state index in [1.807, 2.05) is 46.0 Å². The Bertz CT molecular complexity index is 647. The summed E-state index contributed by atoms with van der Waals surface area (Å²) in [5.41, 5.74) is -0.131. The van der Waals surface area contributed by atoms with Crippen LogP contribution in [0.15, 0.2) is 47.2 Å². The number of benzene rings is 1. The highest BCUT2D eigenvalue weighted by Gasteiger charge is 2.50. The van der Waals surface area contributed by atoms with E-state index in [-0.39, 0.29) is 0 Å². The lowest BCUT2D eigenvalue weighted by Crippen LogP contribution is -2.46. The Balaban J connectivity index is 1.96. The summed E-state index contributed by atoms with van der Waals surface area (Å²) >= 11 is 3.45. The smallest absolute Gasteiger partial charge is 0.353 e. The van der Waals surface area contributed by atoms with Crippen LogP contribution in [0.4, 0.5) is 5.95 Å². The van der Waals surface area contributed by atoms with Gasteiger partial charge in [-0.25, -0.2) is 9.47 Å². The van der Waals surface area contributed by atoms with Gasteiger partial charge in [-0.05, 0) is 18.6 Å². The van der Waals surface area contributed by atoms with E-state index in [2.05, 4.69) is 27.8 Å². The van der Waals surface area contributed by atoms with Crippen molar-refractivity contribution < 1.29 is 9.67 Å². The van der Waals surface area contributed by atoms with E-state index in [9.17, 15) is 5.11 Å². The number of nitrogens with zero attached hydrogens (tertiary/aromatic N) is 3. The highest BCUT2D eigenvalue weighted by atomic mass is 79.9. The second-order valence-electron chi connectivity index (χ2n) is 5.73. The number of rotatable bonds is 5. The number of unbranched alkanes of at least 4 members (excludes halogenated alkanes) is 2. The molecule has 1 aliphatic rings. The topological polar surface area (TPSA) is 40.2 Å². The zero-order valence-electron chi connectivity index (χ0n) is 12.7. The zero-order chi connectivity index (χ0) is 15.6. The van der Waals surface area contributed by atoms with Gasteiger partial charge in [0.15, 0.2) is 0 Å². The largest absolute Gasteiger partial charge is 0.396 e. The van der Waals surface area contributed by atoms with Gasteiger partial charge in [-0.3, -0.25) is 0 Å². The summed E-state index contributed by atoms with van der Waals surface area (Å²) in [4.78, 5) is 6.51. The molecule has 0 saturated heterocycles. The normalized spacial score (nSPS) is 20.2. The number of fused-ring (bicyclic) bond motifs is 1. The van der Waals surface area contributed by atoms with Crippen LogP contribution in [0, 0.1) is 0 Å². The first-order chi connectivity index (χ1) is 10.6. The summed E-state index contributed by atoms with van der Waals surface area (Å²) in [6.45, 7) is 3.49. The summed E-state index contributed by atoms with van der Waals surface area (Å²) in [5, 5.41) is 11.4. The van der Waals surface area contributed by atoms with Crippen LogP contribution in [0.5, 0.6) is 0 Å². The van der Waals surface area contributed by atoms with Gasteiger partial charge in [-0.1, -0.05) is 52.8 Å². The van der Waals surface area contributed by atoms with Gasteiger partial charge in [0.05, 0.1) is 12.7 Å². The molecular formula is C17H21BrN3O+. The van der Waals surface area contributed by atoms with Crippen LogP contribution < -0.4 is 9.47 Å². The molecule has 0 saturated carbocycles. The fourth-order valence-corrected chi connectivity index (χ4v) is 3.26. The van der Waals surface area contributed by atoms with Gasteiger partial charge in [-0.15, -0.1) is 0 Å². The molecule has 0 fully saturated rings. The molecule has 1 unspecified atom stereocenters. The van der Waals surface area contributed by atoms with Crippen LogP contribution >= 0.6 is 15.9 Å². The zero-order valence-corrected chi connectivity index (χ0v) is 14.3. The Kier molecular flexibility index (Phi) is 4.45. The van der Waals surface area contributed by atoms with E-state index < -0.39 is 5.72 Å². The van der Waals surface area contributed by atoms with Crippen LogP contribution in [-0.4, -0.2) is 16.6 Å². The van der Waals surface area contributed by atoms with Gasteiger partial charge in [0.1, 0.15) is 12.7 Å². The SMILES string of the molecule is CCCCCN1c2nccc[n+]2CC1(O)c1ccc(Br)cc1. The number of halogens is 1. The van der Waals surface area contributed by atoms with Crippen molar-refractivity contribution in [2.24, 2.45) is 0 Å². The predicted octanol–water partition coefficient (Wildman–Crippen LogP) is 2.99. The van der Waals surface area contributed by atoms with Crippen LogP contribution in [0.3, 0.4) is 0 Å². The molecule has 1 aromatic heterocycles. The van der Waals surface area contributed by atoms with Crippen molar-refractivity contribution in [3.63, 3.8) is 0 Å². The molecule has 0 radical (unpaired) electrons. The first-order valence-electron chi connectivity index (χ1n) is 7.75. The van der Waals surface area contributed by atoms with Gasteiger partial charge in [0.2, 0.25) is 5.72 Å². The summed E-state index contributed by atoms with van der Waals surface area (Å²) in [5.74, 6) is 0.837. The molecule has 5 heteroatoms. The molecule has 1 N–H and O–H groups in total. The molecule has 0 amide bonds. The van der Waals surface area contributed by atoms with Gasteiger partial charge >= 0.3 is 5.95 Å². The number of aromatic nitrogens is 2. The van der Waals surface area contributed by atoms with Crippen LogP contribution in [0.25, 0.3) is 0 Å². The minimum atomic E-state index is -1.03. The summed E-state index contributed by atoms with van der Waals surface area (Å²) in [6.07, 6.45) is 7.12. The molecule has 116 valence electrons. The van der Waals surface area contributed by atoms with E-state index in [0.717, 1.165) is 41.8 Å². The van der Waals surface area contributed by atoms with E-state index in [1.165, 1.54) is 0 Å². The Morgan fingerprint density at radius 3 is 2.82 bits per heavy atom. The van der Waals surface area contributed by atoms with Crippen molar-refractivity contribution in [2.75, 3.05) is 11.4 Å². The minimum absolute atomic E-state index is 0.504. The van der Waals surface area contributed by atoms with Crippen molar-refractivity contribution in [3.05, 3.63) is 52.8 Å². The van der Waals surface area contributed by atoms with E-state index in [1.54, 1.807) is 6.20 Å². The average molecular weight is 363 g/mol. The third-order valence-corrected chi connectivity index (χ3v) is 4.70. The highest BCUT2D eigenvalue weighted by molar-refractivity contribution is 9.10. The molecule has 0 aliphatic carbocycles. The maximum atomic E-state index is 11.4.